The average Bonchev–Trinajstić information content (AvgIpc) is 2.76. The van der Waals surface area contributed by atoms with Crippen LogP contribution in [-0.4, -0.2) is 20.6 Å². The zero-order valence-corrected chi connectivity index (χ0v) is 12.3. The van der Waals surface area contributed by atoms with E-state index in [1.165, 1.54) is 0 Å². The maximum absolute atomic E-state index is 11.2. The van der Waals surface area contributed by atoms with Gasteiger partial charge in [-0.1, -0.05) is 17.7 Å². The highest BCUT2D eigenvalue weighted by Gasteiger charge is 2.14. The lowest BCUT2D eigenvalue weighted by Crippen LogP contribution is -2.00. The monoisotopic (exact) mass is 300 g/mol. The number of nitrogens with zero attached hydrogens (tertiary/aromatic N) is 2. The normalized spacial score (nSPS) is 11.0. The predicted octanol–water partition coefficient (Wildman–Crippen LogP) is 3.99. The third-order valence-electron chi connectivity index (χ3n) is 3.41. The molecule has 3 rings (SSSR count). The van der Waals surface area contributed by atoms with Crippen molar-refractivity contribution in [3.8, 4) is 5.69 Å². The highest BCUT2D eigenvalue weighted by molar-refractivity contribution is 6.32. The van der Waals surface area contributed by atoms with Crippen molar-refractivity contribution < 1.29 is 9.90 Å². The second-order valence-corrected chi connectivity index (χ2v) is 5.37. The van der Waals surface area contributed by atoms with Crippen LogP contribution in [0.15, 0.2) is 36.4 Å². The van der Waals surface area contributed by atoms with Gasteiger partial charge < -0.3 is 5.11 Å². The van der Waals surface area contributed by atoms with E-state index < -0.39 is 5.97 Å². The number of carboxylic acids is 1. The number of benzene rings is 2. The van der Waals surface area contributed by atoms with Crippen molar-refractivity contribution in [3.05, 3.63) is 58.4 Å². The fourth-order valence-corrected chi connectivity index (χ4v) is 2.63. The van der Waals surface area contributed by atoms with Gasteiger partial charge in [0.15, 0.2) is 0 Å². The van der Waals surface area contributed by atoms with E-state index in [4.69, 9.17) is 16.7 Å². The molecule has 5 heteroatoms. The third kappa shape index (κ3) is 2.28. The quantitative estimate of drug-likeness (QED) is 0.778. The second-order valence-electron chi connectivity index (χ2n) is 4.96. The molecule has 1 heterocycles. The molecule has 0 bridgehead atoms. The topological polar surface area (TPSA) is 55.1 Å². The van der Waals surface area contributed by atoms with Crippen LogP contribution in [0.2, 0.25) is 5.02 Å². The van der Waals surface area contributed by atoms with E-state index in [9.17, 15) is 4.79 Å². The summed E-state index contributed by atoms with van der Waals surface area (Å²) in [5, 5.41) is 9.76. The number of carbonyl (C=O) groups is 1. The molecule has 0 aliphatic carbocycles. The van der Waals surface area contributed by atoms with Crippen molar-refractivity contribution in [2.75, 3.05) is 0 Å². The van der Waals surface area contributed by atoms with Crippen LogP contribution in [0.1, 0.15) is 21.7 Å². The molecule has 0 amide bonds. The first kappa shape index (κ1) is 13.6. The maximum atomic E-state index is 11.2. The van der Waals surface area contributed by atoms with Crippen molar-refractivity contribution in [1.29, 1.82) is 0 Å². The van der Waals surface area contributed by atoms with Gasteiger partial charge in [0.1, 0.15) is 5.82 Å². The van der Waals surface area contributed by atoms with Gasteiger partial charge in [-0.05, 0) is 49.7 Å². The molecule has 0 saturated carbocycles. The molecular weight excluding hydrogens is 288 g/mol. The van der Waals surface area contributed by atoms with Gasteiger partial charge in [-0.3, -0.25) is 4.57 Å². The highest BCUT2D eigenvalue weighted by Crippen LogP contribution is 2.28. The van der Waals surface area contributed by atoms with E-state index in [-0.39, 0.29) is 5.56 Å². The van der Waals surface area contributed by atoms with Crippen molar-refractivity contribution >= 4 is 28.6 Å². The standard InChI is InChI=1S/C16H13ClN2O2/c1-9-3-5-12(17)14(7-9)19-10(2)18-13-6-4-11(16(20)21)8-15(13)19/h3-8H,1-2H3,(H,20,21). The average molecular weight is 301 g/mol. The number of aromatic nitrogens is 2. The van der Waals surface area contributed by atoms with Gasteiger partial charge in [0, 0.05) is 0 Å². The van der Waals surface area contributed by atoms with Gasteiger partial charge in [0.05, 0.1) is 27.3 Å². The number of aromatic carboxylic acids is 1. The van der Waals surface area contributed by atoms with Gasteiger partial charge in [-0.15, -0.1) is 0 Å². The van der Waals surface area contributed by atoms with E-state index >= 15 is 0 Å². The number of carboxylic acid groups (broad SMARTS) is 1. The molecule has 3 aromatic rings. The second kappa shape index (κ2) is 4.90. The Labute approximate surface area is 126 Å². The molecule has 0 radical (unpaired) electrons. The molecule has 0 spiro atoms. The van der Waals surface area contributed by atoms with E-state index in [1.807, 2.05) is 36.6 Å². The largest absolute Gasteiger partial charge is 0.478 e. The minimum absolute atomic E-state index is 0.229. The Bertz CT molecular complexity index is 868. The fourth-order valence-electron chi connectivity index (χ4n) is 2.43. The molecule has 0 saturated heterocycles. The third-order valence-corrected chi connectivity index (χ3v) is 3.73. The Hall–Kier alpha value is -2.33. The number of aryl methyl sites for hydroxylation is 2. The summed E-state index contributed by atoms with van der Waals surface area (Å²) < 4.78 is 1.89. The van der Waals surface area contributed by atoms with Crippen LogP contribution < -0.4 is 0 Å². The van der Waals surface area contributed by atoms with Crippen LogP contribution in [0.3, 0.4) is 0 Å². The smallest absolute Gasteiger partial charge is 0.335 e. The first-order valence-corrected chi connectivity index (χ1v) is 6.84. The molecule has 1 N–H and O–H groups in total. The van der Waals surface area contributed by atoms with Crippen LogP contribution in [0.4, 0.5) is 0 Å². The van der Waals surface area contributed by atoms with Gasteiger partial charge in [-0.2, -0.15) is 0 Å². The van der Waals surface area contributed by atoms with Crippen LogP contribution in [0.5, 0.6) is 0 Å². The molecule has 2 aromatic carbocycles. The zero-order valence-electron chi connectivity index (χ0n) is 11.6. The minimum Gasteiger partial charge on any atom is -0.478 e. The minimum atomic E-state index is -0.961. The summed E-state index contributed by atoms with van der Waals surface area (Å²) in [6.07, 6.45) is 0. The van der Waals surface area contributed by atoms with Crippen molar-refractivity contribution in [2.45, 2.75) is 13.8 Å². The van der Waals surface area contributed by atoms with Crippen molar-refractivity contribution in [3.63, 3.8) is 0 Å². The Kier molecular flexibility index (Phi) is 3.18. The van der Waals surface area contributed by atoms with Crippen LogP contribution in [-0.2, 0) is 0 Å². The van der Waals surface area contributed by atoms with Gasteiger partial charge >= 0.3 is 5.97 Å². The van der Waals surface area contributed by atoms with Crippen LogP contribution in [0, 0.1) is 13.8 Å². The van der Waals surface area contributed by atoms with Crippen LogP contribution in [0.25, 0.3) is 16.7 Å². The summed E-state index contributed by atoms with van der Waals surface area (Å²) in [6, 6.07) is 10.6. The highest BCUT2D eigenvalue weighted by atomic mass is 35.5. The van der Waals surface area contributed by atoms with E-state index in [1.54, 1.807) is 18.2 Å². The predicted molar refractivity (Wildman–Crippen MR) is 82.5 cm³/mol. The first-order valence-electron chi connectivity index (χ1n) is 6.46. The lowest BCUT2D eigenvalue weighted by molar-refractivity contribution is 0.0697. The zero-order chi connectivity index (χ0) is 15.1. The summed E-state index contributed by atoms with van der Waals surface area (Å²) in [5.74, 6) is -0.197. The van der Waals surface area contributed by atoms with E-state index in [0.717, 1.165) is 28.1 Å². The number of imidazole rings is 1. The molecule has 21 heavy (non-hydrogen) atoms. The maximum Gasteiger partial charge on any atom is 0.335 e. The summed E-state index contributed by atoms with van der Waals surface area (Å²) in [5.41, 5.74) is 3.59. The lowest BCUT2D eigenvalue weighted by Gasteiger charge is -2.10. The fraction of sp³-hybridized carbons (Fsp3) is 0.125. The number of rotatable bonds is 2. The number of hydrogen-bond acceptors (Lipinski definition) is 2. The molecule has 0 aliphatic heterocycles. The SMILES string of the molecule is Cc1ccc(Cl)c(-n2c(C)nc3ccc(C(=O)O)cc32)c1. The Morgan fingerprint density at radius 3 is 2.67 bits per heavy atom. The summed E-state index contributed by atoms with van der Waals surface area (Å²) >= 11 is 6.30. The van der Waals surface area contributed by atoms with Crippen molar-refractivity contribution in [2.24, 2.45) is 0 Å². The molecule has 106 valence electrons. The Morgan fingerprint density at radius 2 is 1.95 bits per heavy atom. The molecule has 4 nitrogen and oxygen atoms in total. The lowest BCUT2D eigenvalue weighted by atomic mass is 10.2. The van der Waals surface area contributed by atoms with E-state index in [0.29, 0.717) is 5.02 Å². The first-order chi connectivity index (χ1) is 9.97. The van der Waals surface area contributed by atoms with Crippen molar-refractivity contribution in [1.82, 2.24) is 9.55 Å². The number of halogens is 1. The van der Waals surface area contributed by atoms with Gasteiger partial charge in [-0.25, -0.2) is 9.78 Å². The Morgan fingerprint density at radius 1 is 1.19 bits per heavy atom. The summed E-state index contributed by atoms with van der Waals surface area (Å²) in [7, 11) is 0. The van der Waals surface area contributed by atoms with Crippen LogP contribution >= 0.6 is 11.6 Å². The molecule has 0 unspecified atom stereocenters. The molecule has 1 aromatic heterocycles. The molecule has 0 atom stereocenters. The number of hydrogen-bond donors (Lipinski definition) is 1. The molecule has 0 aliphatic rings. The van der Waals surface area contributed by atoms with Gasteiger partial charge in [0.25, 0.3) is 0 Å². The molecule has 0 fully saturated rings. The molecular formula is C16H13ClN2O2. The summed E-state index contributed by atoms with van der Waals surface area (Å²) in [6.45, 7) is 3.86. The number of fused-ring (bicyclic) bond motifs is 1. The Balaban J connectivity index is 2.35. The van der Waals surface area contributed by atoms with E-state index in [2.05, 4.69) is 4.98 Å². The van der Waals surface area contributed by atoms with Gasteiger partial charge in [0.2, 0.25) is 0 Å². The summed E-state index contributed by atoms with van der Waals surface area (Å²) in [4.78, 5) is 15.6.